The highest BCUT2D eigenvalue weighted by atomic mass is 16.9. The van der Waals surface area contributed by atoms with E-state index in [1.54, 1.807) is 21.3 Å². The Morgan fingerprint density at radius 2 is 1.38 bits per heavy atom. The van der Waals surface area contributed by atoms with Gasteiger partial charge in [-0.2, -0.15) is 0 Å². The Labute approximate surface area is 80.7 Å². The zero-order valence-electron chi connectivity index (χ0n) is 9.22. The van der Waals surface area contributed by atoms with E-state index in [9.17, 15) is 0 Å². The Hall–Kier alpha value is -0.380. The van der Waals surface area contributed by atoms with Crippen LogP contribution in [0.3, 0.4) is 0 Å². The van der Waals surface area contributed by atoms with Crippen molar-refractivity contribution in [3.05, 3.63) is 11.6 Å². The molecular formula is C10H20O3. The molecule has 0 rings (SSSR count). The van der Waals surface area contributed by atoms with Crippen LogP contribution < -0.4 is 0 Å². The highest BCUT2D eigenvalue weighted by molar-refractivity contribution is 5.04. The smallest absolute Gasteiger partial charge is 0.304 e. The third kappa shape index (κ3) is 3.46. The van der Waals surface area contributed by atoms with Gasteiger partial charge in [0, 0.05) is 27.4 Å². The van der Waals surface area contributed by atoms with Crippen LogP contribution in [0.4, 0.5) is 0 Å². The summed E-state index contributed by atoms with van der Waals surface area (Å²) in [5.41, 5.74) is 1.26. The van der Waals surface area contributed by atoms with Gasteiger partial charge in [0.1, 0.15) is 0 Å². The fourth-order valence-electron chi connectivity index (χ4n) is 1.13. The number of methoxy groups -OCH3 is 3. The first kappa shape index (κ1) is 12.6. The minimum Gasteiger partial charge on any atom is -0.327 e. The third-order valence-corrected chi connectivity index (χ3v) is 2.14. The van der Waals surface area contributed by atoms with Gasteiger partial charge in [0.15, 0.2) is 0 Å². The molecule has 78 valence electrons. The van der Waals surface area contributed by atoms with Crippen molar-refractivity contribution in [3.8, 4) is 0 Å². The van der Waals surface area contributed by atoms with Crippen molar-refractivity contribution < 1.29 is 14.2 Å². The monoisotopic (exact) mass is 188 g/mol. The lowest BCUT2D eigenvalue weighted by Crippen LogP contribution is -2.33. The predicted molar refractivity (Wildman–Crippen MR) is 52.4 cm³/mol. The van der Waals surface area contributed by atoms with Crippen LogP contribution in [-0.4, -0.2) is 27.3 Å². The van der Waals surface area contributed by atoms with E-state index in [0.29, 0.717) is 0 Å². The average molecular weight is 188 g/mol. The first-order chi connectivity index (χ1) is 6.17. The quantitative estimate of drug-likeness (QED) is 0.473. The van der Waals surface area contributed by atoms with E-state index >= 15 is 0 Å². The molecule has 3 nitrogen and oxygen atoms in total. The van der Waals surface area contributed by atoms with E-state index in [1.165, 1.54) is 5.57 Å². The van der Waals surface area contributed by atoms with E-state index in [2.05, 4.69) is 13.8 Å². The molecule has 0 aromatic heterocycles. The summed E-state index contributed by atoms with van der Waals surface area (Å²) in [7, 11) is 4.69. The van der Waals surface area contributed by atoms with Crippen LogP contribution in [0, 0.1) is 0 Å². The van der Waals surface area contributed by atoms with Gasteiger partial charge in [-0.1, -0.05) is 19.4 Å². The second kappa shape index (κ2) is 6.13. The van der Waals surface area contributed by atoms with Crippen LogP contribution in [-0.2, 0) is 14.2 Å². The van der Waals surface area contributed by atoms with Crippen molar-refractivity contribution >= 4 is 0 Å². The van der Waals surface area contributed by atoms with Gasteiger partial charge in [-0.3, -0.25) is 0 Å². The van der Waals surface area contributed by atoms with Crippen molar-refractivity contribution in [2.45, 2.75) is 32.7 Å². The van der Waals surface area contributed by atoms with Crippen molar-refractivity contribution in [1.82, 2.24) is 0 Å². The molecule has 0 radical (unpaired) electrons. The molecule has 0 N–H and O–H groups in total. The lowest BCUT2D eigenvalue weighted by molar-refractivity contribution is -0.319. The second-order valence-corrected chi connectivity index (χ2v) is 2.73. The standard InChI is InChI=1S/C10H20O3/c1-6-9(7-2)8-10(11-3,12-4)13-5/h8H,6-7H2,1-5H3. The van der Waals surface area contributed by atoms with E-state index in [0.717, 1.165) is 12.8 Å². The van der Waals surface area contributed by atoms with E-state index < -0.39 is 5.97 Å². The molecule has 13 heavy (non-hydrogen) atoms. The number of ether oxygens (including phenoxy) is 3. The van der Waals surface area contributed by atoms with Crippen LogP contribution >= 0.6 is 0 Å². The van der Waals surface area contributed by atoms with Crippen LogP contribution in [0.15, 0.2) is 11.6 Å². The molecule has 0 atom stereocenters. The average Bonchev–Trinajstić information content (AvgIpc) is 2.21. The normalized spacial score (nSPS) is 11.5. The summed E-state index contributed by atoms with van der Waals surface area (Å²) in [4.78, 5) is 0. The van der Waals surface area contributed by atoms with Gasteiger partial charge in [-0.05, 0) is 12.8 Å². The highest BCUT2D eigenvalue weighted by Gasteiger charge is 2.26. The molecule has 0 spiro atoms. The number of rotatable bonds is 6. The molecule has 0 amide bonds. The van der Waals surface area contributed by atoms with Gasteiger partial charge < -0.3 is 14.2 Å². The minimum absolute atomic E-state index is 0.980. The van der Waals surface area contributed by atoms with E-state index in [1.807, 2.05) is 6.08 Å². The number of hydrogen-bond acceptors (Lipinski definition) is 3. The maximum Gasteiger partial charge on any atom is 0.304 e. The van der Waals surface area contributed by atoms with Gasteiger partial charge in [-0.15, -0.1) is 0 Å². The Balaban J connectivity index is 4.63. The van der Waals surface area contributed by atoms with Crippen molar-refractivity contribution in [1.29, 1.82) is 0 Å². The SMILES string of the molecule is CCC(=CC(OC)(OC)OC)CC. The Bertz CT molecular complexity index is 145. The van der Waals surface area contributed by atoms with E-state index in [-0.39, 0.29) is 0 Å². The Morgan fingerprint density at radius 3 is 1.62 bits per heavy atom. The van der Waals surface area contributed by atoms with Gasteiger partial charge in [-0.25, -0.2) is 0 Å². The van der Waals surface area contributed by atoms with Crippen molar-refractivity contribution in [3.63, 3.8) is 0 Å². The maximum absolute atomic E-state index is 5.15. The summed E-state index contributed by atoms with van der Waals surface area (Å²) in [5, 5.41) is 0. The maximum atomic E-state index is 5.15. The molecule has 0 aliphatic heterocycles. The fourth-order valence-corrected chi connectivity index (χ4v) is 1.13. The summed E-state index contributed by atoms with van der Waals surface area (Å²) in [6.07, 6.45) is 3.84. The lowest BCUT2D eigenvalue weighted by atomic mass is 10.1. The first-order valence-corrected chi connectivity index (χ1v) is 4.54. The molecule has 0 fully saturated rings. The summed E-state index contributed by atoms with van der Waals surface area (Å²) in [6.45, 7) is 4.20. The number of allylic oxidation sites excluding steroid dienone is 1. The molecule has 0 saturated heterocycles. The zero-order chi connectivity index (χ0) is 10.3. The Kier molecular flexibility index (Phi) is 5.95. The topological polar surface area (TPSA) is 27.7 Å². The lowest BCUT2D eigenvalue weighted by Gasteiger charge is -2.26. The van der Waals surface area contributed by atoms with Gasteiger partial charge >= 0.3 is 5.97 Å². The van der Waals surface area contributed by atoms with Crippen molar-refractivity contribution in [2.75, 3.05) is 21.3 Å². The molecule has 0 aliphatic rings. The van der Waals surface area contributed by atoms with Gasteiger partial charge in [0.25, 0.3) is 0 Å². The second-order valence-electron chi connectivity index (χ2n) is 2.73. The van der Waals surface area contributed by atoms with Gasteiger partial charge in [0.05, 0.1) is 0 Å². The molecular weight excluding hydrogens is 168 g/mol. The summed E-state index contributed by atoms with van der Waals surface area (Å²) < 4.78 is 15.4. The van der Waals surface area contributed by atoms with Crippen LogP contribution in [0.5, 0.6) is 0 Å². The fraction of sp³-hybridized carbons (Fsp3) is 0.800. The minimum atomic E-state index is -1.01. The zero-order valence-corrected chi connectivity index (χ0v) is 9.22. The third-order valence-electron chi connectivity index (χ3n) is 2.14. The van der Waals surface area contributed by atoms with Crippen LogP contribution in [0.2, 0.25) is 0 Å². The largest absolute Gasteiger partial charge is 0.327 e. The molecule has 0 saturated carbocycles. The molecule has 0 unspecified atom stereocenters. The first-order valence-electron chi connectivity index (χ1n) is 4.54. The molecule has 0 aliphatic carbocycles. The molecule has 0 bridgehead atoms. The van der Waals surface area contributed by atoms with E-state index in [4.69, 9.17) is 14.2 Å². The molecule has 0 aromatic carbocycles. The summed E-state index contributed by atoms with van der Waals surface area (Å²) >= 11 is 0. The highest BCUT2D eigenvalue weighted by Crippen LogP contribution is 2.19. The molecule has 0 aromatic rings. The predicted octanol–water partition coefficient (Wildman–Crippen LogP) is 2.33. The summed E-state index contributed by atoms with van der Waals surface area (Å²) in [5.74, 6) is -1.01. The molecule has 0 heterocycles. The Morgan fingerprint density at radius 1 is 1.00 bits per heavy atom. The number of hydrogen-bond donors (Lipinski definition) is 0. The summed E-state index contributed by atoms with van der Waals surface area (Å²) in [6, 6.07) is 0. The van der Waals surface area contributed by atoms with Gasteiger partial charge in [0.2, 0.25) is 0 Å². The molecule has 3 heteroatoms. The van der Waals surface area contributed by atoms with Crippen molar-refractivity contribution in [2.24, 2.45) is 0 Å². The van der Waals surface area contributed by atoms with Crippen LogP contribution in [0.25, 0.3) is 0 Å². The van der Waals surface area contributed by atoms with Crippen LogP contribution in [0.1, 0.15) is 26.7 Å².